The highest BCUT2D eigenvalue weighted by molar-refractivity contribution is 4.63. The predicted octanol–water partition coefficient (Wildman–Crippen LogP) is 2.21. The van der Waals surface area contributed by atoms with Gasteiger partial charge in [0.1, 0.15) is 0 Å². The molecule has 0 saturated heterocycles. The summed E-state index contributed by atoms with van der Waals surface area (Å²) >= 11 is 0. The molecule has 0 aromatic rings. The predicted molar refractivity (Wildman–Crippen MR) is 51.2 cm³/mol. The Balaban J connectivity index is 3.49. The first kappa shape index (κ1) is 11.9. The van der Waals surface area contributed by atoms with Gasteiger partial charge in [0.05, 0.1) is 18.8 Å². The second-order valence-corrected chi connectivity index (χ2v) is 3.72. The smallest absolute Gasteiger partial charge is 0.0799 e. The van der Waals surface area contributed by atoms with Crippen LogP contribution >= 0.6 is 0 Å². The van der Waals surface area contributed by atoms with Gasteiger partial charge in [-0.3, -0.25) is 0 Å². The monoisotopic (exact) mass is 174 g/mol. The van der Waals surface area contributed by atoms with Gasteiger partial charge in [0, 0.05) is 0 Å². The van der Waals surface area contributed by atoms with Crippen LogP contribution in [0.2, 0.25) is 0 Å². The molecular weight excluding hydrogens is 152 g/mol. The van der Waals surface area contributed by atoms with Crippen molar-refractivity contribution in [1.29, 1.82) is 0 Å². The van der Waals surface area contributed by atoms with E-state index in [2.05, 4.69) is 13.8 Å². The van der Waals surface area contributed by atoms with E-state index in [-0.39, 0.29) is 12.2 Å². The van der Waals surface area contributed by atoms with Gasteiger partial charge in [0.2, 0.25) is 0 Å². The molecule has 0 fully saturated rings. The SMILES string of the molecule is CCCC(C)C(O)COC(C)C. The number of ether oxygens (including phenoxy) is 1. The summed E-state index contributed by atoms with van der Waals surface area (Å²) in [5.74, 6) is 0.355. The van der Waals surface area contributed by atoms with Gasteiger partial charge in [-0.15, -0.1) is 0 Å². The van der Waals surface area contributed by atoms with Gasteiger partial charge in [0.15, 0.2) is 0 Å². The average Bonchev–Trinajstić information content (AvgIpc) is 2.00. The van der Waals surface area contributed by atoms with Crippen molar-refractivity contribution < 1.29 is 9.84 Å². The van der Waals surface area contributed by atoms with Crippen molar-refractivity contribution in [3.63, 3.8) is 0 Å². The molecule has 12 heavy (non-hydrogen) atoms. The van der Waals surface area contributed by atoms with Gasteiger partial charge >= 0.3 is 0 Å². The van der Waals surface area contributed by atoms with Gasteiger partial charge in [-0.1, -0.05) is 20.3 Å². The normalized spacial score (nSPS) is 16.5. The topological polar surface area (TPSA) is 29.5 Å². The third-order valence-electron chi connectivity index (χ3n) is 2.00. The van der Waals surface area contributed by atoms with Crippen molar-refractivity contribution in [2.75, 3.05) is 6.61 Å². The van der Waals surface area contributed by atoms with Gasteiger partial charge in [-0.2, -0.15) is 0 Å². The van der Waals surface area contributed by atoms with Crippen molar-refractivity contribution in [3.05, 3.63) is 0 Å². The molecule has 0 amide bonds. The molecule has 2 nitrogen and oxygen atoms in total. The molecule has 0 spiro atoms. The molecule has 1 N–H and O–H groups in total. The van der Waals surface area contributed by atoms with Gasteiger partial charge in [-0.05, 0) is 26.2 Å². The molecule has 2 heteroatoms. The molecule has 74 valence electrons. The second kappa shape index (κ2) is 6.44. The first-order valence-corrected chi connectivity index (χ1v) is 4.87. The minimum atomic E-state index is -0.299. The van der Waals surface area contributed by atoms with Crippen molar-refractivity contribution >= 4 is 0 Å². The minimum absolute atomic E-state index is 0.216. The van der Waals surface area contributed by atoms with Crippen molar-refractivity contribution in [3.8, 4) is 0 Å². The summed E-state index contributed by atoms with van der Waals surface area (Å²) in [6.45, 7) is 8.64. The third-order valence-corrected chi connectivity index (χ3v) is 2.00. The standard InChI is InChI=1S/C10H22O2/c1-5-6-9(4)10(11)7-12-8(2)3/h8-11H,5-7H2,1-4H3. The summed E-state index contributed by atoms with van der Waals surface area (Å²) < 4.78 is 5.32. The van der Waals surface area contributed by atoms with Crippen molar-refractivity contribution in [1.82, 2.24) is 0 Å². The number of rotatable bonds is 6. The number of aliphatic hydroxyl groups is 1. The van der Waals surface area contributed by atoms with Crippen LogP contribution in [0.3, 0.4) is 0 Å². The lowest BCUT2D eigenvalue weighted by Crippen LogP contribution is -2.25. The van der Waals surface area contributed by atoms with E-state index in [0.717, 1.165) is 12.8 Å². The van der Waals surface area contributed by atoms with Crippen LogP contribution in [0.4, 0.5) is 0 Å². The van der Waals surface area contributed by atoms with Gasteiger partial charge in [-0.25, -0.2) is 0 Å². The highest BCUT2D eigenvalue weighted by Crippen LogP contribution is 2.11. The van der Waals surface area contributed by atoms with Gasteiger partial charge < -0.3 is 9.84 Å². The molecule has 0 aromatic carbocycles. The molecule has 0 heterocycles. The summed E-state index contributed by atoms with van der Waals surface area (Å²) in [6.07, 6.45) is 2.11. The minimum Gasteiger partial charge on any atom is -0.390 e. The van der Waals surface area contributed by atoms with Crippen LogP contribution in [0.15, 0.2) is 0 Å². The molecule has 0 aliphatic rings. The van der Waals surface area contributed by atoms with Crippen LogP contribution in [0.1, 0.15) is 40.5 Å². The van der Waals surface area contributed by atoms with Gasteiger partial charge in [0.25, 0.3) is 0 Å². The van der Waals surface area contributed by atoms with E-state index in [4.69, 9.17) is 4.74 Å². The van der Waals surface area contributed by atoms with E-state index in [9.17, 15) is 5.11 Å². The fraction of sp³-hybridized carbons (Fsp3) is 1.00. The maximum Gasteiger partial charge on any atom is 0.0799 e. The van der Waals surface area contributed by atoms with E-state index in [1.165, 1.54) is 0 Å². The summed E-state index contributed by atoms with van der Waals surface area (Å²) in [5, 5.41) is 9.57. The summed E-state index contributed by atoms with van der Waals surface area (Å²) in [6, 6.07) is 0. The second-order valence-electron chi connectivity index (χ2n) is 3.72. The summed E-state index contributed by atoms with van der Waals surface area (Å²) in [7, 11) is 0. The van der Waals surface area contributed by atoms with Crippen LogP contribution in [-0.2, 0) is 4.74 Å². The summed E-state index contributed by atoms with van der Waals surface area (Å²) in [4.78, 5) is 0. The molecule has 0 aromatic heterocycles. The maximum absolute atomic E-state index is 9.57. The van der Waals surface area contributed by atoms with E-state index >= 15 is 0 Å². The molecular formula is C10H22O2. The Hall–Kier alpha value is -0.0800. The Bertz CT molecular complexity index is 102. The zero-order chi connectivity index (χ0) is 9.56. The molecule has 2 atom stereocenters. The van der Waals surface area contributed by atoms with Crippen LogP contribution < -0.4 is 0 Å². The molecule has 0 rings (SSSR count). The Morgan fingerprint density at radius 2 is 1.83 bits per heavy atom. The fourth-order valence-electron chi connectivity index (χ4n) is 1.10. The first-order valence-electron chi connectivity index (χ1n) is 4.87. The number of hydrogen-bond acceptors (Lipinski definition) is 2. The van der Waals surface area contributed by atoms with Crippen LogP contribution in [0, 0.1) is 5.92 Å². The van der Waals surface area contributed by atoms with E-state index in [0.29, 0.717) is 12.5 Å². The molecule has 0 aliphatic heterocycles. The Morgan fingerprint density at radius 3 is 2.25 bits per heavy atom. The van der Waals surface area contributed by atoms with Crippen molar-refractivity contribution in [2.45, 2.75) is 52.7 Å². The van der Waals surface area contributed by atoms with Crippen molar-refractivity contribution in [2.24, 2.45) is 5.92 Å². The Kier molecular flexibility index (Phi) is 6.39. The molecule has 0 aliphatic carbocycles. The first-order chi connectivity index (χ1) is 5.57. The fourth-order valence-corrected chi connectivity index (χ4v) is 1.10. The molecule has 0 bridgehead atoms. The zero-order valence-corrected chi connectivity index (χ0v) is 8.71. The van der Waals surface area contributed by atoms with E-state index in [1.807, 2.05) is 13.8 Å². The Morgan fingerprint density at radius 1 is 1.25 bits per heavy atom. The lowest BCUT2D eigenvalue weighted by atomic mass is 10.0. The highest BCUT2D eigenvalue weighted by atomic mass is 16.5. The molecule has 2 unspecified atom stereocenters. The quantitative estimate of drug-likeness (QED) is 0.669. The zero-order valence-electron chi connectivity index (χ0n) is 8.71. The Labute approximate surface area is 75.9 Å². The number of aliphatic hydroxyl groups excluding tert-OH is 1. The highest BCUT2D eigenvalue weighted by Gasteiger charge is 2.13. The van der Waals surface area contributed by atoms with Crippen LogP contribution in [0.25, 0.3) is 0 Å². The van der Waals surface area contributed by atoms with E-state index < -0.39 is 0 Å². The van der Waals surface area contributed by atoms with Crippen LogP contribution in [0.5, 0.6) is 0 Å². The van der Waals surface area contributed by atoms with Crippen LogP contribution in [-0.4, -0.2) is 23.9 Å². The third kappa shape index (κ3) is 5.56. The molecule has 0 saturated carbocycles. The maximum atomic E-state index is 9.57. The number of hydrogen-bond donors (Lipinski definition) is 1. The largest absolute Gasteiger partial charge is 0.390 e. The van der Waals surface area contributed by atoms with E-state index in [1.54, 1.807) is 0 Å². The summed E-state index contributed by atoms with van der Waals surface area (Å²) in [5.41, 5.74) is 0. The molecule has 0 radical (unpaired) electrons. The lowest BCUT2D eigenvalue weighted by molar-refractivity contribution is -0.0176. The average molecular weight is 174 g/mol. The lowest BCUT2D eigenvalue weighted by Gasteiger charge is -2.19.